The summed E-state index contributed by atoms with van der Waals surface area (Å²) in [5, 5.41) is 19.4. The van der Waals surface area contributed by atoms with Crippen molar-refractivity contribution in [3.8, 4) is 0 Å². The van der Waals surface area contributed by atoms with E-state index in [1.807, 2.05) is 13.8 Å². The van der Waals surface area contributed by atoms with E-state index in [2.05, 4.69) is 11.5 Å². The largest absolute Gasteiger partial charge is 0.396 e. The fourth-order valence-corrected chi connectivity index (χ4v) is 2.95. The van der Waals surface area contributed by atoms with Gasteiger partial charge in [0.1, 0.15) is 12.2 Å². The Bertz CT molecular complexity index is 307. The molecular formula is C13H23NO4. The maximum absolute atomic E-state index is 10.2. The van der Waals surface area contributed by atoms with Crippen molar-refractivity contribution in [3.05, 3.63) is 12.7 Å². The first kappa shape index (κ1) is 14.0. The molecule has 0 aromatic heterocycles. The summed E-state index contributed by atoms with van der Waals surface area (Å²) < 4.78 is 11.7. The van der Waals surface area contributed by atoms with Crippen LogP contribution in [0.25, 0.3) is 0 Å². The molecule has 2 heterocycles. The van der Waals surface area contributed by atoms with Gasteiger partial charge in [-0.05, 0) is 20.3 Å². The highest BCUT2D eigenvalue weighted by atomic mass is 16.8. The summed E-state index contributed by atoms with van der Waals surface area (Å²) in [6.07, 6.45) is 1.35. The van der Waals surface area contributed by atoms with Crippen LogP contribution in [0.3, 0.4) is 0 Å². The van der Waals surface area contributed by atoms with E-state index in [1.165, 1.54) is 0 Å². The Morgan fingerprint density at radius 3 is 2.67 bits per heavy atom. The van der Waals surface area contributed by atoms with Crippen LogP contribution >= 0.6 is 0 Å². The average molecular weight is 257 g/mol. The second-order valence-electron chi connectivity index (χ2n) is 5.45. The van der Waals surface area contributed by atoms with Gasteiger partial charge in [-0.25, -0.2) is 0 Å². The zero-order valence-electron chi connectivity index (χ0n) is 11.1. The van der Waals surface area contributed by atoms with Crippen molar-refractivity contribution in [2.45, 2.75) is 50.4 Å². The third kappa shape index (κ3) is 2.60. The first-order chi connectivity index (χ1) is 8.48. The minimum absolute atomic E-state index is 0.0585. The van der Waals surface area contributed by atoms with E-state index in [0.29, 0.717) is 19.5 Å². The monoisotopic (exact) mass is 257 g/mol. The Hall–Kier alpha value is -0.460. The lowest BCUT2D eigenvalue weighted by atomic mass is 9.92. The van der Waals surface area contributed by atoms with E-state index in [-0.39, 0.29) is 24.9 Å². The molecule has 2 fully saturated rings. The summed E-state index contributed by atoms with van der Waals surface area (Å²) in [5.41, 5.74) is 0. The maximum Gasteiger partial charge on any atom is 0.163 e. The fraction of sp³-hybridized carbons (Fsp3) is 0.846. The van der Waals surface area contributed by atoms with E-state index in [9.17, 15) is 10.2 Å². The minimum Gasteiger partial charge on any atom is -0.396 e. The molecule has 5 nitrogen and oxygen atoms in total. The zero-order chi connectivity index (χ0) is 13.3. The van der Waals surface area contributed by atoms with Crippen LogP contribution in [0.4, 0.5) is 0 Å². The lowest BCUT2D eigenvalue weighted by Gasteiger charge is -2.43. The molecule has 0 spiro atoms. The van der Waals surface area contributed by atoms with Gasteiger partial charge in [0.25, 0.3) is 0 Å². The number of likely N-dealkylation sites (tertiary alicyclic amines) is 1. The van der Waals surface area contributed by atoms with Crippen molar-refractivity contribution < 1.29 is 19.7 Å². The first-order valence-electron chi connectivity index (χ1n) is 6.48. The number of nitrogens with zero attached hydrogens (tertiary/aromatic N) is 1. The quantitative estimate of drug-likeness (QED) is 0.701. The third-order valence-electron chi connectivity index (χ3n) is 3.60. The number of β-amino-alcohol motifs (C(OH)–C–C–N with tert-alkyl or cyclic N) is 1. The van der Waals surface area contributed by atoms with Crippen LogP contribution in [0.2, 0.25) is 0 Å². The zero-order valence-corrected chi connectivity index (χ0v) is 11.1. The van der Waals surface area contributed by atoms with Gasteiger partial charge in [-0.15, -0.1) is 6.58 Å². The fourth-order valence-electron chi connectivity index (χ4n) is 2.95. The number of hydrogen-bond acceptors (Lipinski definition) is 5. The molecule has 2 aliphatic rings. The van der Waals surface area contributed by atoms with Gasteiger partial charge >= 0.3 is 0 Å². The van der Waals surface area contributed by atoms with Crippen molar-refractivity contribution in [1.82, 2.24) is 4.90 Å². The molecule has 2 N–H and O–H groups in total. The number of piperidine rings is 1. The summed E-state index contributed by atoms with van der Waals surface area (Å²) in [5.74, 6) is -0.672. The van der Waals surface area contributed by atoms with Crippen LogP contribution in [-0.4, -0.2) is 65.0 Å². The average Bonchev–Trinajstić information content (AvgIpc) is 2.61. The Morgan fingerprint density at radius 2 is 2.06 bits per heavy atom. The minimum atomic E-state index is -0.672. The molecule has 0 saturated carbocycles. The predicted molar refractivity (Wildman–Crippen MR) is 67.1 cm³/mol. The number of ether oxygens (including phenoxy) is 2. The van der Waals surface area contributed by atoms with Gasteiger partial charge in [-0.1, -0.05) is 6.08 Å². The molecule has 0 aliphatic carbocycles. The van der Waals surface area contributed by atoms with Crippen molar-refractivity contribution in [2.24, 2.45) is 0 Å². The molecular weight excluding hydrogens is 234 g/mol. The van der Waals surface area contributed by atoms with Crippen LogP contribution in [-0.2, 0) is 9.47 Å². The molecule has 104 valence electrons. The Kier molecular flexibility index (Phi) is 4.08. The topological polar surface area (TPSA) is 62.2 Å². The standard InChI is InChI=1S/C13H23NO4/c1-4-6-14-8-10(16)12-11(9(14)5-7-15)17-13(2,3)18-12/h4,9-12,15-16H,1,5-8H2,2-3H3/t9-,10+,11-,12+/m0/s1. The molecule has 0 radical (unpaired) electrons. The summed E-state index contributed by atoms with van der Waals surface area (Å²) in [7, 11) is 0. The Labute approximate surface area is 108 Å². The van der Waals surface area contributed by atoms with Crippen LogP contribution in [0.15, 0.2) is 12.7 Å². The van der Waals surface area contributed by atoms with E-state index >= 15 is 0 Å². The van der Waals surface area contributed by atoms with Gasteiger partial charge in [0.2, 0.25) is 0 Å². The maximum atomic E-state index is 10.2. The van der Waals surface area contributed by atoms with Gasteiger partial charge in [0.15, 0.2) is 5.79 Å². The van der Waals surface area contributed by atoms with Gasteiger partial charge in [0.05, 0.1) is 6.10 Å². The molecule has 2 saturated heterocycles. The van der Waals surface area contributed by atoms with Crippen LogP contribution in [0, 0.1) is 0 Å². The van der Waals surface area contributed by atoms with Crippen molar-refractivity contribution in [3.63, 3.8) is 0 Å². The van der Waals surface area contributed by atoms with E-state index in [1.54, 1.807) is 6.08 Å². The molecule has 18 heavy (non-hydrogen) atoms. The van der Waals surface area contributed by atoms with Crippen LogP contribution in [0.1, 0.15) is 20.3 Å². The Balaban J connectivity index is 2.18. The molecule has 0 aromatic carbocycles. The summed E-state index contributed by atoms with van der Waals surface area (Å²) >= 11 is 0. The normalized spacial score (nSPS) is 39.6. The number of rotatable bonds is 4. The molecule has 5 heteroatoms. The number of aliphatic hydroxyl groups is 2. The van der Waals surface area contributed by atoms with E-state index in [4.69, 9.17) is 9.47 Å². The highest BCUT2D eigenvalue weighted by molar-refractivity contribution is 5.01. The van der Waals surface area contributed by atoms with Crippen molar-refractivity contribution in [2.75, 3.05) is 19.7 Å². The summed E-state index contributed by atoms with van der Waals surface area (Å²) in [4.78, 5) is 2.10. The molecule has 2 rings (SSSR count). The smallest absolute Gasteiger partial charge is 0.163 e. The summed E-state index contributed by atoms with van der Waals surface area (Å²) in [6, 6.07) is 0.0585. The highest BCUT2D eigenvalue weighted by Gasteiger charge is 2.52. The molecule has 2 aliphatic heterocycles. The van der Waals surface area contributed by atoms with Gasteiger partial charge in [-0.3, -0.25) is 4.90 Å². The van der Waals surface area contributed by atoms with Crippen LogP contribution < -0.4 is 0 Å². The lowest BCUT2D eigenvalue weighted by Crippen LogP contribution is -2.60. The number of hydrogen-bond donors (Lipinski definition) is 2. The first-order valence-corrected chi connectivity index (χ1v) is 6.48. The molecule has 0 aromatic rings. The van der Waals surface area contributed by atoms with Crippen molar-refractivity contribution in [1.29, 1.82) is 0 Å². The Morgan fingerprint density at radius 1 is 1.39 bits per heavy atom. The second kappa shape index (κ2) is 5.27. The van der Waals surface area contributed by atoms with Crippen LogP contribution in [0.5, 0.6) is 0 Å². The van der Waals surface area contributed by atoms with Gasteiger partial charge < -0.3 is 19.7 Å². The lowest BCUT2D eigenvalue weighted by molar-refractivity contribution is -0.153. The molecule has 4 atom stereocenters. The number of aliphatic hydroxyl groups excluding tert-OH is 2. The second-order valence-corrected chi connectivity index (χ2v) is 5.45. The number of fused-ring (bicyclic) bond motifs is 1. The SMILES string of the molecule is C=CCN1C[C@@H](O)[C@H]2OC(C)(C)O[C@H]2[C@@H]1CCO. The molecule has 0 amide bonds. The van der Waals surface area contributed by atoms with E-state index < -0.39 is 11.9 Å². The van der Waals surface area contributed by atoms with Gasteiger partial charge in [-0.2, -0.15) is 0 Å². The molecule has 0 unspecified atom stereocenters. The predicted octanol–water partition coefficient (Wildman–Crippen LogP) is 0.120. The highest BCUT2D eigenvalue weighted by Crippen LogP contribution is 2.37. The van der Waals surface area contributed by atoms with E-state index in [0.717, 1.165) is 0 Å². The third-order valence-corrected chi connectivity index (χ3v) is 3.60. The molecule has 0 bridgehead atoms. The van der Waals surface area contributed by atoms with Crippen molar-refractivity contribution >= 4 is 0 Å². The summed E-state index contributed by atoms with van der Waals surface area (Å²) in [6.45, 7) is 8.74. The van der Waals surface area contributed by atoms with Gasteiger partial charge in [0, 0.05) is 25.7 Å².